The molecule has 0 spiro atoms. The van der Waals surface area contributed by atoms with Crippen LogP contribution in [0.1, 0.15) is 85.8 Å². The van der Waals surface area contributed by atoms with Crippen molar-refractivity contribution >= 4 is 11.9 Å². The molecule has 3 aliphatic rings. The third-order valence-electron chi connectivity index (χ3n) is 9.13. The zero-order valence-corrected chi connectivity index (χ0v) is 22.7. The molecule has 5 rings (SSSR count). The first-order chi connectivity index (χ1) is 17.7. The summed E-state index contributed by atoms with van der Waals surface area (Å²) in [7, 11) is 0. The molecule has 1 amide bonds. The maximum atomic E-state index is 13.3. The summed E-state index contributed by atoms with van der Waals surface area (Å²) in [5, 5.41) is 9.72. The molecule has 0 radical (unpaired) electrons. The van der Waals surface area contributed by atoms with Gasteiger partial charge in [0.15, 0.2) is 5.78 Å². The van der Waals surface area contributed by atoms with Gasteiger partial charge in [0.2, 0.25) is 0 Å². The van der Waals surface area contributed by atoms with E-state index in [2.05, 4.69) is 74.2 Å². The van der Waals surface area contributed by atoms with Gasteiger partial charge in [-0.25, -0.2) is 4.79 Å². The maximum Gasteiger partial charge on any atom is 0.407 e. The fourth-order valence-corrected chi connectivity index (χ4v) is 6.99. The average Bonchev–Trinajstić information content (AvgIpc) is 3.19. The summed E-state index contributed by atoms with van der Waals surface area (Å²) in [4.78, 5) is 29.3. The highest BCUT2D eigenvalue weighted by Gasteiger charge is 2.40. The molecule has 3 atom stereocenters. The van der Waals surface area contributed by atoms with Gasteiger partial charge in [0.25, 0.3) is 0 Å². The topological polar surface area (TPSA) is 60.9 Å². The second-order valence-electron chi connectivity index (χ2n) is 12.7. The molecular weight excluding hydrogens is 460 g/mol. The molecule has 0 bridgehead atoms. The number of hydrogen-bond acceptors (Lipinski definition) is 3. The second-order valence-corrected chi connectivity index (χ2v) is 12.7. The van der Waals surface area contributed by atoms with Crippen molar-refractivity contribution in [3.8, 4) is 0 Å². The van der Waals surface area contributed by atoms with Gasteiger partial charge in [0.1, 0.15) is 0 Å². The van der Waals surface area contributed by atoms with E-state index in [0.29, 0.717) is 24.2 Å². The van der Waals surface area contributed by atoms with Crippen molar-refractivity contribution in [1.82, 2.24) is 9.80 Å². The minimum absolute atomic E-state index is 0.000794. The summed E-state index contributed by atoms with van der Waals surface area (Å²) >= 11 is 0. The minimum atomic E-state index is -0.813. The average molecular weight is 503 g/mol. The fourth-order valence-electron chi connectivity index (χ4n) is 6.99. The van der Waals surface area contributed by atoms with Crippen LogP contribution >= 0.6 is 0 Å². The first kappa shape index (κ1) is 26.0. The highest BCUT2D eigenvalue weighted by molar-refractivity contribution is 6.02. The van der Waals surface area contributed by atoms with E-state index < -0.39 is 6.09 Å². The highest BCUT2D eigenvalue weighted by Crippen LogP contribution is 2.41. The van der Waals surface area contributed by atoms with Gasteiger partial charge in [-0.1, -0.05) is 69.3 Å². The molecule has 0 saturated carbocycles. The summed E-state index contributed by atoms with van der Waals surface area (Å²) in [6.45, 7) is 10.2. The molecule has 2 aliphatic heterocycles. The van der Waals surface area contributed by atoms with Gasteiger partial charge >= 0.3 is 6.09 Å². The van der Waals surface area contributed by atoms with Crippen LogP contribution in [0.5, 0.6) is 0 Å². The number of piperidine rings is 2. The lowest BCUT2D eigenvalue weighted by molar-refractivity contribution is 0.0525. The van der Waals surface area contributed by atoms with Crippen LogP contribution < -0.4 is 0 Å². The van der Waals surface area contributed by atoms with Gasteiger partial charge in [-0.15, -0.1) is 0 Å². The Bertz CT molecular complexity index is 1110. The Labute approximate surface area is 221 Å². The lowest BCUT2D eigenvalue weighted by atomic mass is 9.75. The Balaban J connectivity index is 1.19. The summed E-state index contributed by atoms with van der Waals surface area (Å²) in [6.07, 6.45) is 5.09. The van der Waals surface area contributed by atoms with Gasteiger partial charge < -0.3 is 10.0 Å². The second kappa shape index (κ2) is 10.6. The molecule has 0 aromatic heterocycles. The number of amides is 1. The van der Waals surface area contributed by atoms with Crippen molar-refractivity contribution < 1.29 is 14.7 Å². The summed E-state index contributed by atoms with van der Waals surface area (Å²) in [5.41, 5.74) is 4.68. The van der Waals surface area contributed by atoms with E-state index in [1.165, 1.54) is 29.5 Å². The summed E-state index contributed by atoms with van der Waals surface area (Å²) in [5.74, 6) is 1.42. The number of carbonyl (C=O) groups excluding carboxylic acids is 1. The van der Waals surface area contributed by atoms with E-state index in [9.17, 15) is 14.7 Å². The van der Waals surface area contributed by atoms with Gasteiger partial charge in [0.05, 0.1) is 0 Å². The molecule has 5 nitrogen and oxygen atoms in total. The van der Waals surface area contributed by atoms with E-state index in [4.69, 9.17) is 0 Å². The normalized spacial score (nSPS) is 25.3. The van der Waals surface area contributed by atoms with Gasteiger partial charge in [0, 0.05) is 30.6 Å². The third kappa shape index (κ3) is 5.77. The number of carbonyl (C=O) groups is 2. The van der Waals surface area contributed by atoms with Gasteiger partial charge in [-0.3, -0.25) is 9.69 Å². The Hall–Kier alpha value is -2.66. The molecule has 1 aliphatic carbocycles. The molecule has 2 fully saturated rings. The van der Waals surface area contributed by atoms with Gasteiger partial charge in [-0.05, 0) is 85.6 Å². The molecule has 198 valence electrons. The molecule has 3 unspecified atom stereocenters. The zero-order valence-electron chi connectivity index (χ0n) is 22.7. The predicted octanol–water partition coefficient (Wildman–Crippen LogP) is 6.62. The van der Waals surface area contributed by atoms with Crippen molar-refractivity contribution in [2.45, 2.75) is 77.8 Å². The van der Waals surface area contributed by atoms with Crippen molar-refractivity contribution in [3.05, 3.63) is 70.8 Å². The highest BCUT2D eigenvalue weighted by atomic mass is 16.4. The number of fused-ring (bicyclic) bond motifs is 1. The van der Waals surface area contributed by atoms with Crippen molar-refractivity contribution in [2.24, 2.45) is 17.3 Å². The largest absolute Gasteiger partial charge is 0.465 e. The first-order valence-electron chi connectivity index (χ1n) is 14.1. The predicted molar refractivity (Wildman–Crippen MR) is 147 cm³/mol. The zero-order chi connectivity index (χ0) is 26.2. The van der Waals surface area contributed by atoms with Crippen molar-refractivity contribution in [2.75, 3.05) is 19.6 Å². The van der Waals surface area contributed by atoms with Crippen molar-refractivity contribution in [3.63, 3.8) is 0 Å². The molecule has 37 heavy (non-hydrogen) atoms. The molecule has 5 heteroatoms. The number of carboxylic acid groups (broad SMARTS) is 1. The molecule has 1 N–H and O–H groups in total. The Morgan fingerprint density at radius 2 is 1.73 bits per heavy atom. The van der Waals surface area contributed by atoms with Crippen LogP contribution in [0.4, 0.5) is 4.79 Å². The van der Waals surface area contributed by atoms with Crippen LogP contribution in [0, 0.1) is 17.3 Å². The van der Waals surface area contributed by atoms with Crippen LogP contribution in [0.15, 0.2) is 48.5 Å². The number of benzene rings is 2. The lowest BCUT2D eigenvalue weighted by Gasteiger charge is -2.44. The summed E-state index contributed by atoms with van der Waals surface area (Å²) < 4.78 is 0. The van der Waals surface area contributed by atoms with Crippen LogP contribution in [-0.4, -0.2) is 52.5 Å². The number of ketones is 1. The molecule has 2 heterocycles. The lowest BCUT2D eigenvalue weighted by Crippen LogP contribution is -2.51. The maximum absolute atomic E-state index is 13.3. The molecular formula is C32H42N2O3. The number of hydrogen-bond donors (Lipinski definition) is 1. The van der Waals surface area contributed by atoms with Crippen molar-refractivity contribution in [1.29, 1.82) is 0 Å². The standard InChI is InChI=1S/C32H42N2O3/c1-32(2,3)29-20-25(13-16-34(29)31(36)37)24-9-10-28-26(18-24)19-27(30(28)35)17-22-11-14-33(15-12-22)21-23-7-5-4-6-8-23/h4-10,18,22,25,27,29H,11-17,19-21H2,1-3H3,(H,36,37). The van der Waals surface area contributed by atoms with Crippen LogP contribution in [0.2, 0.25) is 0 Å². The quantitative estimate of drug-likeness (QED) is 0.499. The van der Waals surface area contributed by atoms with E-state index in [-0.39, 0.29) is 17.4 Å². The molecule has 2 aromatic carbocycles. The van der Waals surface area contributed by atoms with Gasteiger partial charge in [-0.2, -0.15) is 0 Å². The SMILES string of the molecule is CC(C)(C)C1CC(c2ccc3c(c2)CC(CC2CCN(Cc4ccccc4)CC2)C3=O)CCN1C(=O)O. The Morgan fingerprint density at radius 3 is 2.41 bits per heavy atom. The number of nitrogens with zero attached hydrogens (tertiary/aromatic N) is 2. The minimum Gasteiger partial charge on any atom is -0.465 e. The van der Waals surface area contributed by atoms with E-state index in [1.54, 1.807) is 4.90 Å². The number of rotatable bonds is 5. The number of likely N-dealkylation sites (tertiary alicyclic amines) is 2. The van der Waals surface area contributed by atoms with E-state index in [0.717, 1.165) is 50.9 Å². The molecule has 2 aromatic rings. The van der Waals surface area contributed by atoms with E-state index >= 15 is 0 Å². The van der Waals surface area contributed by atoms with E-state index in [1.807, 2.05) is 0 Å². The third-order valence-corrected chi connectivity index (χ3v) is 9.13. The van der Waals surface area contributed by atoms with Crippen LogP contribution in [0.25, 0.3) is 0 Å². The first-order valence-corrected chi connectivity index (χ1v) is 14.1. The molecule has 2 saturated heterocycles. The fraction of sp³-hybridized carbons (Fsp3) is 0.562. The summed E-state index contributed by atoms with van der Waals surface area (Å²) in [6, 6.07) is 17.2. The smallest absolute Gasteiger partial charge is 0.407 e. The van der Waals surface area contributed by atoms with Crippen LogP contribution in [0.3, 0.4) is 0 Å². The number of Topliss-reactive ketones (excluding diaryl/α,β-unsaturated/α-hetero) is 1. The Kier molecular flexibility index (Phi) is 7.44. The monoisotopic (exact) mass is 502 g/mol. The Morgan fingerprint density at radius 1 is 1.00 bits per heavy atom. The van der Waals surface area contributed by atoms with Crippen LogP contribution in [-0.2, 0) is 13.0 Å².